The molecule has 0 amide bonds. The van der Waals surface area contributed by atoms with Crippen LogP contribution in [0.1, 0.15) is 43.5 Å². The van der Waals surface area contributed by atoms with Gasteiger partial charge in [-0.1, -0.05) is 24.3 Å². The number of amidine groups is 1. The molecule has 1 atom stereocenters. The highest BCUT2D eigenvalue weighted by atomic mass is 19.4. The summed E-state index contributed by atoms with van der Waals surface area (Å²) in [7, 11) is 0. The van der Waals surface area contributed by atoms with Crippen molar-refractivity contribution in [3.8, 4) is 6.07 Å². The number of aromatic nitrogens is 3. The number of allylic oxidation sites excluding steroid dienone is 6. The van der Waals surface area contributed by atoms with E-state index in [4.69, 9.17) is 10.7 Å². The van der Waals surface area contributed by atoms with Crippen LogP contribution in [0.2, 0.25) is 0 Å². The molecule has 9 heteroatoms. The first-order chi connectivity index (χ1) is 15.4. The fourth-order valence-corrected chi connectivity index (χ4v) is 4.35. The monoisotopic (exact) mass is 440 g/mol. The summed E-state index contributed by atoms with van der Waals surface area (Å²) in [6.45, 7) is 1.15. The standard InChI is InChI=1S/C23H23F3N6/c24-23(25,26)13-18-5-2-1-3-7-19(18)17-6-4-11-31(12-10-17)21(28)22-30-29-20-9-8-16(14-27)15-32(20)22/h2-3,5,7-9,15,17,28H,1,4,6,10-13H2. The molecule has 2 aliphatic rings. The van der Waals surface area contributed by atoms with Gasteiger partial charge in [-0.15, -0.1) is 10.2 Å². The molecule has 0 bridgehead atoms. The Morgan fingerprint density at radius 3 is 2.75 bits per heavy atom. The third-order valence-electron chi connectivity index (χ3n) is 5.88. The van der Waals surface area contributed by atoms with Crippen LogP contribution in [0.25, 0.3) is 5.65 Å². The van der Waals surface area contributed by atoms with Gasteiger partial charge in [0, 0.05) is 19.3 Å². The number of nitriles is 1. The average molecular weight is 440 g/mol. The summed E-state index contributed by atoms with van der Waals surface area (Å²) in [6.07, 6.45) is 6.37. The van der Waals surface area contributed by atoms with Gasteiger partial charge in [0.2, 0.25) is 5.82 Å². The summed E-state index contributed by atoms with van der Waals surface area (Å²) in [5.74, 6) is 0.559. The minimum atomic E-state index is -4.25. The summed E-state index contributed by atoms with van der Waals surface area (Å²) in [6, 6.07) is 5.40. The predicted molar refractivity (Wildman–Crippen MR) is 114 cm³/mol. The van der Waals surface area contributed by atoms with E-state index in [-0.39, 0.29) is 11.8 Å². The number of fused-ring (bicyclic) bond motifs is 1. The summed E-state index contributed by atoms with van der Waals surface area (Å²) >= 11 is 0. The zero-order valence-corrected chi connectivity index (χ0v) is 17.4. The van der Waals surface area contributed by atoms with Crippen LogP contribution in [0.15, 0.2) is 53.8 Å². The minimum Gasteiger partial charge on any atom is -0.354 e. The van der Waals surface area contributed by atoms with Gasteiger partial charge in [0.1, 0.15) is 6.07 Å². The van der Waals surface area contributed by atoms with Crippen molar-refractivity contribution in [1.82, 2.24) is 19.5 Å². The molecular formula is C23H23F3N6. The molecule has 1 unspecified atom stereocenters. The average Bonchev–Trinajstić information content (AvgIpc) is 2.90. The molecule has 32 heavy (non-hydrogen) atoms. The van der Waals surface area contributed by atoms with Gasteiger partial charge >= 0.3 is 6.18 Å². The number of alkyl halides is 3. The zero-order chi connectivity index (χ0) is 22.7. The molecule has 1 aliphatic heterocycles. The molecule has 2 aromatic heterocycles. The molecule has 6 nitrogen and oxygen atoms in total. The lowest BCUT2D eigenvalue weighted by Gasteiger charge is -2.23. The molecule has 3 heterocycles. The van der Waals surface area contributed by atoms with Gasteiger partial charge in [0.25, 0.3) is 0 Å². The van der Waals surface area contributed by atoms with Gasteiger partial charge < -0.3 is 4.90 Å². The van der Waals surface area contributed by atoms with Gasteiger partial charge in [-0.25, -0.2) is 0 Å². The van der Waals surface area contributed by atoms with Gasteiger partial charge in [-0.05, 0) is 54.9 Å². The van der Waals surface area contributed by atoms with Gasteiger partial charge in [0.15, 0.2) is 11.5 Å². The number of nitrogens with one attached hydrogen (secondary N) is 1. The van der Waals surface area contributed by atoms with Crippen molar-refractivity contribution in [1.29, 1.82) is 10.7 Å². The fourth-order valence-electron chi connectivity index (χ4n) is 4.35. The first kappa shape index (κ1) is 21.8. The lowest BCUT2D eigenvalue weighted by atomic mass is 9.87. The van der Waals surface area contributed by atoms with Crippen molar-refractivity contribution in [2.45, 2.75) is 38.3 Å². The van der Waals surface area contributed by atoms with Crippen LogP contribution >= 0.6 is 0 Å². The van der Waals surface area contributed by atoms with E-state index in [1.165, 1.54) is 0 Å². The van der Waals surface area contributed by atoms with E-state index in [1.54, 1.807) is 34.9 Å². The Kier molecular flexibility index (Phi) is 6.12. The van der Waals surface area contributed by atoms with E-state index in [0.29, 0.717) is 48.5 Å². The summed E-state index contributed by atoms with van der Waals surface area (Å²) in [5.41, 5.74) is 2.09. The maximum atomic E-state index is 13.1. The first-order valence-electron chi connectivity index (χ1n) is 10.6. The predicted octanol–water partition coefficient (Wildman–Crippen LogP) is 4.79. The van der Waals surface area contributed by atoms with Crippen molar-refractivity contribution >= 4 is 11.5 Å². The number of likely N-dealkylation sites (tertiary alicyclic amines) is 1. The first-order valence-corrected chi connectivity index (χ1v) is 10.6. The maximum Gasteiger partial charge on any atom is 0.393 e. The quantitative estimate of drug-likeness (QED) is 0.550. The molecule has 0 radical (unpaired) electrons. The van der Waals surface area contributed by atoms with Crippen LogP contribution in [-0.2, 0) is 0 Å². The molecule has 0 aromatic carbocycles. The maximum absolute atomic E-state index is 13.1. The van der Waals surface area contributed by atoms with Crippen LogP contribution in [0.3, 0.4) is 0 Å². The zero-order valence-electron chi connectivity index (χ0n) is 17.4. The Labute approximate surface area is 183 Å². The van der Waals surface area contributed by atoms with E-state index < -0.39 is 12.6 Å². The topological polar surface area (TPSA) is 81.1 Å². The minimum absolute atomic E-state index is 0.00415. The summed E-state index contributed by atoms with van der Waals surface area (Å²) in [4.78, 5) is 1.90. The number of rotatable bonds is 3. The Morgan fingerprint density at radius 2 is 1.97 bits per heavy atom. The van der Waals surface area contributed by atoms with E-state index in [1.807, 2.05) is 17.1 Å². The SMILES string of the molecule is N#Cc1ccc2nnc(C(=N)N3CCCC(C4=C(CC(F)(F)F)C=CCC=C4)CC3)n2c1. The second kappa shape index (κ2) is 8.99. The number of hydrogen-bond donors (Lipinski definition) is 1. The molecule has 1 fully saturated rings. The van der Waals surface area contributed by atoms with Crippen molar-refractivity contribution < 1.29 is 13.2 Å². The molecule has 1 N–H and O–H groups in total. The third kappa shape index (κ3) is 4.74. The highest BCUT2D eigenvalue weighted by Crippen LogP contribution is 2.35. The van der Waals surface area contributed by atoms with Crippen molar-refractivity contribution in [2.24, 2.45) is 5.92 Å². The smallest absolute Gasteiger partial charge is 0.354 e. The molecular weight excluding hydrogens is 417 g/mol. The van der Waals surface area contributed by atoms with Crippen molar-refractivity contribution in [3.63, 3.8) is 0 Å². The molecule has 4 rings (SSSR count). The number of nitrogens with zero attached hydrogens (tertiary/aromatic N) is 5. The van der Waals surface area contributed by atoms with Gasteiger partial charge in [0.05, 0.1) is 12.0 Å². The van der Waals surface area contributed by atoms with Crippen molar-refractivity contribution in [2.75, 3.05) is 13.1 Å². The Morgan fingerprint density at radius 1 is 1.16 bits per heavy atom. The molecule has 0 saturated carbocycles. The highest BCUT2D eigenvalue weighted by Gasteiger charge is 2.31. The Bertz CT molecular complexity index is 1150. The largest absolute Gasteiger partial charge is 0.393 e. The van der Waals surface area contributed by atoms with E-state index >= 15 is 0 Å². The molecule has 0 spiro atoms. The second-order valence-electron chi connectivity index (χ2n) is 8.06. The van der Waals surface area contributed by atoms with E-state index in [2.05, 4.69) is 16.3 Å². The second-order valence-corrected chi connectivity index (χ2v) is 8.06. The van der Waals surface area contributed by atoms with Gasteiger partial charge in [-0.2, -0.15) is 18.4 Å². The van der Waals surface area contributed by atoms with Crippen LogP contribution in [0, 0.1) is 22.7 Å². The van der Waals surface area contributed by atoms with Gasteiger partial charge in [-0.3, -0.25) is 9.81 Å². The number of halogens is 3. The van der Waals surface area contributed by atoms with Crippen LogP contribution in [0.5, 0.6) is 0 Å². The molecule has 2 aromatic rings. The van der Waals surface area contributed by atoms with E-state index in [0.717, 1.165) is 18.4 Å². The number of hydrogen-bond acceptors (Lipinski definition) is 4. The van der Waals surface area contributed by atoms with E-state index in [9.17, 15) is 13.2 Å². The van der Waals surface area contributed by atoms with Crippen LogP contribution in [0.4, 0.5) is 13.2 Å². The van der Waals surface area contributed by atoms with Crippen LogP contribution < -0.4 is 0 Å². The molecule has 166 valence electrons. The lowest BCUT2D eigenvalue weighted by molar-refractivity contribution is -0.126. The fraction of sp³-hybridized carbons (Fsp3) is 0.391. The molecule has 1 saturated heterocycles. The number of pyridine rings is 1. The normalized spacial score (nSPS) is 19.7. The third-order valence-corrected chi connectivity index (χ3v) is 5.88. The van der Waals surface area contributed by atoms with Crippen LogP contribution in [-0.4, -0.2) is 44.6 Å². The van der Waals surface area contributed by atoms with Crippen molar-refractivity contribution in [3.05, 3.63) is 65.2 Å². The lowest BCUT2D eigenvalue weighted by Crippen LogP contribution is -2.33. The Hall–Kier alpha value is -3.41. The molecule has 1 aliphatic carbocycles. The summed E-state index contributed by atoms with van der Waals surface area (Å²) < 4.78 is 41.0. The highest BCUT2D eigenvalue weighted by molar-refractivity contribution is 5.93. The summed E-state index contributed by atoms with van der Waals surface area (Å²) in [5, 5.41) is 26.1. The Balaban J connectivity index is 1.55.